The molecule has 8 heavy (non-hydrogen) atoms. The molecule has 0 saturated heterocycles. The van der Waals surface area contributed by atoms with Gasteiger partial charge < -0.3 is 10.2 Å². The molecular formula is C2H6Cl3O2Sb. The Kier molecular flexibility index (Phi) is 17.5. The number of hydrogen-bond acceptors (Lipinski definition) is 2. The van der Waals surface area contributed by atoms with Gasteiger partial charge >= 0.3 is 43.3 Å². The first-order chi connectivity index (χ1) is 3.65. The summed E-state index contributed by atoms with van der Waals surface area (Å²) in [4.78, 5) is 0. The number of aliphatic hydroxyl groups excluding tert-OH is 2. The minimum atomic E-state index is -2.03. The third kappa shape index (κ3) is 48.8. The van der Waals surface area contributed by atoms with Crippen molar-refractivity contribution >= 4 is 43.3 Å². The molecule has 0 aromatic carbocycles. The number of hydrogen-bond donors (Lipinski definition) is 2. The zero-order valence-electron chi connectivity index (χ0n) is 3.89. The summed E-state index contributed by atoms with van der Waals surface area (Å²) in [6, 6.07) is 0. The van der Waals surface area contributed by atoms with Gasteiger partial charge in [0.2, 0.25) is 0 Å². The Labute approximate surface area is 66.3 Å². The van der Waals surface area contributed by atoms with Crippen molar-refractivity contribution in [3.05, 3.63) is 0 Å². The first kappa shape index (κ1) is 12.3. The molecule has 0 unspecified atom stereocenters. The molecule has 0 fully saturated rings. The van der Waals surface area contributed by atoms with Crippen molar-refractivity contribution in [3.8, 4) is 0 Å². The zero-order chi connectivity index (χ0) is 6.99. The van der Waals surface area contributed by atoms with Crippen molar-refractivity contribution in [2.75, 3.05) is 13.2 Å². The van der Waals surface area contributed by atoms with Gasteiger partial charge in [-0.3, -0.25) is 0 Å². The molecule has 0 aromatic heterocycles. The summed E-state index contributed by atoms with van der Waals surface area (Å²) in [6.07, 6.45) is 0. The summed E-state index contributed by atoms with van der Waals surface area (Å²) in [5.41, 5.74) is 0. The molecule has 0 saturated carbocycles. The molecular weight excluding hydrogens is 284 g/mol. The molecule has 2 nitrogen and oxygen atoms in total. The van der Waals surface area contributed by atoms with Crippen molar-refractivity contribution in [1.82, 2.24) is 0 Å². The monoisotopic (exact) mass is 288 g/mol. The van der Waals surface area contributed by atoms with Crippen molar-refractivity contribution < 1.29 is 10.2 Å². The molecule has 2 N–H and O–H groups in total. The molecule has 6 heteroatoms. The molecule has 52 valence electrons. The molecule has 0 heterocycles. The third-order valence-corrected chi connectivity index (χ3v) is 0.1000. The van der Waals surface area contributed by atoms with Crippen LogP contribution in [0.15, 0.2) is 0 Å². The van der Waals surface area contributed by atoms with Gasteiger partial charge in [-0.1, -0.05) is 0 Å². The van der Waals surface area contributed by atoms with Gasteiger partial charge in [-0.15, -0.1) is 0 Å². The zero-order valence-corrected chi connectivity index (χ0v) is 8.71. The Balaban J connectivity index is 0. The van der Waals surface area contributed by atoms with Crippen LogP contribution >= 0.6 is 26.5 Å². The van der Waals surface area contributed by atoms with Gasteiger partial charge in [-0.25, -0.2) is 0 Å². The molecule has 0 amide bonds. The summed E-state index contributed by atoms with van der Waals surface area (Å²) in [6.45, 7) is -0.250. The van der Waals surface area contributed by atoms with E-state index in [1.54, 1.807) is 0 Å². The second kappa shape index (κ2) is 11.4. The van der Waals surface area contributed by atoms with E-state index in [4.69, 9.17) is 36.7 Å². The second-order valence-corrected chi connectivity index (χ2v) is 12.0. The molecule has 0 radical (unpaired) electrons. The summed E-state index contributed by atoms with van der Waals surface area (Å²) < 4.78 is 0. The SMILES string of the molecule is OCCO.[Cl][Sb]([Cl])[Cl]. The topological polar surface area (TPSA) is 40.5 Å². The van der Waals surface area contributed by atoms with Gasteiger partial charge in [0.25, 0.3) is 0 Å². The van der Waals surface area contributed by atoms with Gasteiger partial charge in [-0.05, 0) is 0 Å². The van der Waals surface area contributed by atoms with E-state index in [0.717, 1.165) is 0 Å². The Morgan fingerprint density at radius 2 is 1.12 bits per heavy atom. The molecule has 0 aliphatic heterocycles. The van der Waals surface area contributed by atoms with Crippen LogP contribution in [0.1, 0.15) is 0 Å². The second-order valence-electron chi connectivity index (χ2n) is 0.639. The van der Waals surface area contributed by atoms with Crippen LogP contribution in [0, 0.1) is 0 Å². The van der Waals surface area contributed by atoms with Crippen LogP contribution in [0.2, 0.25) is 0 Å². The van der Waals surface area contributed by atoms with Gasteiger partial charge in [0, 0.05) is 0 Å². The summed E-state index contributed by atoms with van der Waals surface area (Å²) in [7, 11) is 15.0. The summed E-state index contributed by atoms with van der Waals surface area (Å²) in [5.74, 6) is 0. The van der Waals surface area contributed by atoms with Crippen LogP contribution < -0.4 is 0 Å². The Morgan fingerprint density at radius 3 is 1.12 bits per heavy atom. The van der Waals surface area contributed by atoms with Crippen LogP contribution in [0.5, 0.6) is 0 Å². The van der Waals surface area contributed by atoms with Gasteiger partial charge in [0.1, 0.15) is 0 Å². The predicted molar refractivity (Wildman–Crippen MR) is 37.5 cm³/mol. The fourth-order valence-electron chi connectivity index (χ4n) is 0. The third-order valence-electron chi connectivity index (χ3n) is 0.1000. The Hall–Kier alpha value is 1.61. The van der Waals surface area contributed by atoms with Crippen LogP contribution in [0.3, 0.4) is 0 Å². The standard InChI is InChI=1S/C2H6O2.3ClH.Sb/c3-1-2-4;;;;/h3-4H,1-2H2;3*1H;/q;;;;+3/p-3. The Bertz CT molecular complexity index is 31.7. The van der Waals surface area contributed by atoms with Crippen LogP contribution in [0.25, 0.3) is 0 Å². The fourth-order valence-corrected chi connectivity index (χ4v) is 0. The van der Waals surface area contributed by atoms with Crippen LogP contribution in [-0.2, 0) is 0 Å². The van der Waals surface area contributed by atoms with E-state index in [-0.39, 0.29) is 13.2 Å². The average Bonchev–Trinajstić information content (AvgIpc) is 1.65. The Morgan fingerprint density at radius 1 is 1.00 bits per heavy atom. The van der Waals surface area contributed by atoms with E-state index in [1.807, 2.05) is 0 Å². The van der Waals surface area contributed by atoms with Crippen molar-refractivity contribution in [3.63, 3.8) is 0 Å². The van der Waals surface area contributed by atoms with Crippen LogP contribution in [-0.4, -0.2) is 40.2 Å². The molecule has 0 spiro atoms. The summed E-state index contributed by atoms with van der Waals surface area (Å²) in [5, 5.41) is 15.2. The molecule has 0 aromatic rings. The molecule has 0 atom stereocenters. The van der Waals surface area contributed by atoms with Gasteiger partial charge in [-0.2, -0.15) is 0 Å². The normalized spacial score (nSPS) is 8.25. The first-order valence-corrected chi connectivity index (χ1v) is 11.3. The number of rotatable bonds is 1. The van der Waals surface area contributed by atoms with E-state index in [0.29, 0.717) is 0 Å². The number of aliphatic hydroxyl groups is 2. The van der Waals surface area contributed by atoms with E-state index in [2.05, 4.69) is 0 Å². The first-order valence-electron chi connectivity index (χ1n) is 1.64. The molecule has 0 aliphatic rings. The van der Waals surface area contributed by atoms with Crippen LogP contribution in [0.4, 0.5) is 0 Å². The molecule has 0 aliphatic carbocycles. The maximum atomic E-state index is 7.62. The summed E-state index contributed by atoms with van der Waals surface area (Å²) >= 11 is -2.03. The van der Waals surface area contributed by atoms with E-state index >= 15 is 0 Å². The van der Waals surface area contributed by atoms with Crippen molar-refractivity contribution in [2.45, 2.75) is 0 Å². The molecule has 0 rings (SSSR count). The average molecular weight is 290 g/mol. The fraction of sp³-hybridized carbons (Fsp3) is 1.00. The number of halogens is 3. The van der Waals surface area contributed by atoms with Crippen molar-refractivity contribution in [2.24, 2.45) is 0 Å². The quantitative estimate of drug-likeness (QED) is 0.697. The maximum absolute atomic E-state index is 7.62. The van der Waals surface area contributed by atoms with E-state index < -0.39 is 16.8 Å². The van der Waals surface area contributed by atoms with Gasteiger partial charge in [0.15, 0.2) is 0 Å². The molecule has 0 bridgehead atoms. The van der Waals surface area contributed by atoms with E-state index in [9.17, 15) is 0 Å². The van der Waals surface area contributed by atoms with Crippen molar-refractivity contribution in [1.29, 1.82) is 0 Å². The minimum absolute atomic E-state index is 0.125. The van der Waals surface area contributed by atoms with E-state index in [1.165, 1.54) is 0 Å². The van der Waals surface area contributed by atoms with Gasteiger partial charge in [0.05, 0.1) is 13.2 Å². The predicted octanol–water partition coefficient (Wildman–Crippen LogP) is 0.659.